The fraction of sp³-hybridized carbons (Fsp3) is 0.455. The van der Waals surface area contributed by atoms with E-state index in [4.69, 9.17) is 0 Å². The van der Waals surface area contributed by atoms with E-state index < -0.39 is 0 Å². The second-order valence-electron chi connectivity index (χ2n) is 8.74. The van der Waals surface area contributed by atoms with E-state index in [2.05, 4.69) is 58.9 Å². The lowest BCUT2D eigenvalue weighted by molar-refractivity contribution is 0.360. The average Bonchev–Trinajstić information content (AvgIpc) is 2.41. The van der Waals surface area contributed by atoms with Gasteiger partial charge in [0.05, 0.1) is 0 Å². The van der Waals surface area contributed by atoms with Crippen molar-refractivity contribution in [3.05, 3.63) is 65.2 Å². The first-order chi connectivity index (χ1) is 10.6. The second kappa shape index (κ2) is 6.78. The predicted octanol–water partition coefficient (Wildman–Crippen LogP) is 5.79. The first kappa shape index (κ1) is 17.6. The third-order valence-electron chi connectivity index (χ3n) is 4.06. The highest BCUT2D eigenvalue weighted by atomic mass is 16.3. The summed E-state index contributed by atoms with van der Waals surface area (Å²) in [7, 11) is 0. The van der Waals surface area contributed by atoms with Crippen LogP contribution in [0, 0.1) is 10.8 Å². The van der Waals surface area contributed by atoms with Gasteiger partial charge in [-0.15, -0.1) is 0 Å². The Hall–Kier alpha value is -1.76. The molecule has 0 aliphatic rings. The van der Waals surface area contributed by atoms with Crippen LogP contribution in [0.5, 0.6) is 5.75 Å². The van der Waals surface area contributed by atoms with Gasteiger partial charge < -0.3 is 5.11 Å². The molecule has 2 rings (SSSR count). The van der Waals surface area contributed by atoms with E-state index in [1.165, 1.54) is 16.7 Å². The number of aromatic hydroxyl groups is 1. The van der Waals surface area contributed by atoms with Crippen molar-refractivity contribution < 1.29 is 5.11 Å². The lowest BCUT2D eigenvalue weighted by Crippen LogP contribution is -2.18. The Morgan fingerprint density at radius 3 is 1.35 bits per heavy atom. The van der Waals surface area contributed by atoms with Crippen LogP contribution in [0.2, 0.25) is 0 Å². The fourth-order valence-corrected chi connectivity index (χ4v) is 3.17. The van der Waals surface area contributed by atoms with E-state index in [0.29, 0.717) is 11.2 Å². The Bertz CT molecular complexity index is 613. The van der Waals surface area contributed by atoms with Gasteiger partial charge in [0, 0.05) is 0 Å². The zero-order chi connectivity index (χ0) is 17.1. The summed E-state index contributed by atoms with van der Waals surface area (Å²) in [6, 6.07) is 16.7. The maximum atomic E-state index is 9.40. The summed E-state index contributed by atoms with van der Waals surface area (Å²) in [5.41, 5.74) is 4.61. The highest BCUT2D eigenvalue weighted by Crippen LogP contribution is 2.28. The summed E-state index contributed by atoms with van der Waals surface area (Å²) in [6.07, 6.45) is 3.19. The molecule has 2 aromatic rings. The fourth-order valence-electron chi connectivity index (χ4n) is 3.17. The summed E-state index contributed by atoms with van der Waals surface area (Å²) in [5, 5.41) is 9.40. The van der Waals surface area contributed by atoms with Gasteiger partial charge in [0.1, 0.15) is 5.75 Å². The van der Waals surface area contributed by atoms with E-state index in [1.54, 1.807) is 12.1 Å². The monoisotopic (exact) mass is 310 g/mol. The molecule has 0 aromatic heterocycles. The van der Waals surface area contributed by atoms with Crippen molar-refractivity contribution in [3.63, 3.8) is 0 Å². The molecule has 0 atom stereocenters. The van der Waals surface area contributed by atoms with Gasteiger partial charge in [-0.3, -0.25) is 0 Å². The highest BCUT2D eigenvalue weighted by molar-refractivity contribution is 5.28. The number of phenols is 1. The molecular weight excluding hydrogens is 280 g/mol. The van der Waals surface area contributed by atoms with Crippen molar-refractivity contribution in [1.82, 2.24) is 0 Å². The minimum Gasteiger partial charge on any atom is -0.508 e. The number of phenolic OH excluding ortho intramolecular Hbond substituents is 1. The minimum absolute atomic E-state index is 0.197. The third kappa shape index (κ3) is 6.09. The van der Waals surface area contributed by atoms with Crippen LogP contribution < -0.4 is 0 Å². The van der Waals surface area contributed by atoms with Gasteiger partial charge in [-0.1, -0.05) is 71.0 Å². The van der Waals surface area contributed by atoms with Crippen LogP contribution in [-0.4, -0.2) is 5.11 Å². The maximum absolute atomic E-state index is 9.40. The summed E-state index contributed by atoms with van der Waals surface area (Å²) in [4.78, 5) is 0. The van der Waals surface area contributed by atoms with Crippen LogP contribution in [0.15, 0.2) is 48.5 Å². The zero-order valence-corrected chi connectivity index (χ0v) is 15.2. The van der Waals surface area contributed by atoms with E-state index in [0.717, 1.165) is 19.3 Å². The van der Waals surface area contributed by atoms with Crippen LogP contribution in [0.3, 0.4) is 0 Å². The Morgan fingerprint density at radius 2 is 0.957 bits per heavy atom. The van der Waals surface area contributed by atoms with Crippen molar-refractivity contribution in [2.24, 2.45) is 10.8 Å². The quantitative estimate of drug-likeness (QED) is 0.741. The van der Waals surface area contributed by atoms with Crippen molar-refractivity contribution in [3.8, 4) is 5.75 Å². The Labute approximate surface area is 141 Å². The molecule has 0 saturated carbocycles. The Balaban J connectivity index is 2.00. The Kier molecular flexibility index (Phi) is 5.19. The van der Waals surface area contributed by atoms with E-state index in [1.807, 2.05) is 12.1 Å². The molecule has 0 spiro atoms. The van der Waals surface area contributed by atoms with Gasteiger partial charge in [0.2, 0.25) is 0 Å². The molecule has 0 aliphatic heterocycles. The van der Waals surface area contributed by atoms with Crippen molar-refractivity contribution in [2.45, 2.75) is 53.9 Å². The molecule has 23 heavy (non-hydrogen) atoms. The van der Waals surface area contributed by atoms with Gasteiger partial charge in [0.15, 0.2) is 0 Å². The number of benzene rings is 2. The number of rotatable bonds is 5. The summed E-state index contributed by atoms with van der Waals surface area (Å²) in [5.74, 6) is 0.334. The molecule has 0 aliphatic carbocycles. The van der Waals surface area contributed by atoms with Crippen molar-refractivity contribution in [2.75, 3.05) is 0 Å². The first-order valence-electron chi connectivity index (χ1n) is 8.49. The Morgan fingerprint density at radius 1 is 0.609 bits per heavy atom. The third-order valence-corrected chi connectivity index (χ3v) is 4.06. The van der Waals surface area contributed by atoms with E-state index in [9.17, 15) is 5.11 Å². The molecular formula is C22H30O. The van der Waals surface area contributed by atoms with Gasteiger partial charge >= 0.3 is 0 Å². The smallest absolute Gasteiger partial charge is 0.115 e. The van der Waals surface area contributed by atoms with E-state index in [-0.39, 0.29) is 5.41 Å². The summed E-state index contributed by atoms with van der Waals surface area (Å²) < 4.78 is 0. The zero-order valence-electron chi connectivity index (χ0n) is 15.2. The topological polar surface area (TPSA) is 20.2 Å². The largest absolute Gasteiger partial charge is 0.508 e. The lowest BCUT2D eigenvalue weighted by Gasteiger charge is -2.25. The highest BCUT2D eigenvalue weighted by Gasteiger charge is 2.19. The standard InChI is InChI=1S/C22H30O/c1-21(2,3)14-17-6-8-18(9-7-17)15-22(4,5)16-19-10-12-20(23)13-11-19/h6-13,23H,14-16H2,1-5H3. The molecule has 0 bridgehead atoms. The second-order valence-corrected chi connectivity index (χ2v) is 8.74. The van der Waals surface area contributed by atoms with Crippen molar-refractivity contribution in [1.29, 1.82) is 0 Å². The summed E-state index contributed by atoms with van der Waals surface area (Å²) in [6.45, 7) is 11.5. The molecule has 124 valence electrons. The van der Waals surface area contributed by atoms with Crippen LogP contribution in [-0.2, 0) is 19.3 Å². The number of hydrogen-bond acceptors (Lipinski definition) is 1. The van der Waals surface area contributed by atoms with Gasteiger partial charge in [-0.05, 0) is 58.9 Å². The van der Waals surface area contributed by atoms with Crippen LogP contribution >= 0.6 is 0 Å². The molecule has 0 fully saturated rings. The van der Waals surface area contributed by atoms with Crippen LogP contribution in [0.1, 0.15) is 51.3 Å². The van der Waals surface area contributed by atoms with Crippen molar-refractivity contribution >= 4 is 0 Å². The SMILES string of the molecule is CC(C)(C)Cc1ccc(CC(C)(C)Cc2ccc(O)cc2)cc1. The summed E-state index contributed by atoms with van der Waals surface area (Å²) >= 11 is 0. The normalized spacial score (nSPS) is 12.4. The van der Waals surface area contributed by atoms with Gasteiger partial charge in [-0.25, -0.2) is 0 Å². The molecule has 0 unspecified atom stereocenters. The maximum Gasteiger partial charge on any atom is 0.115 e. The molecule has 1 N–H and O–H groups in total. The van der Waals surface area contributed by atoms with Gasteiger partial charge in [0.25, 0.3) is 0 Å². The lowest BCUT2D eigenvalue weighted by atomic mass is 9.80. The molecule has 0 amide bonds. The van der Waals surface area contributed by atoms with Gasteiger partial charge in [-0.2, -0.15) is 0 Å². The molecule has 1 nitrogen and oxygen atoms in total. The molecule has 0 heterocycles. The molecule has 1 heteroatoms. The molecule has 0 radical (unpaired) electrons. The minimum atomic E-state index is 0.197. The predicted molar refractivity (Wildman–Crippen MR) is 98.9 cm³/mol. The molecule has 2 aromatic carbocycles. The van der Waals surface area contributed by atoms with E-state index >= 15 is 0 Å². The number of hydrogen-bond donors (Lipinski definition) is 1. The van der Waals surface area contributed by atoms with Crippen LogP contribution in [0.25, 0.3) is 0 Å². The van der Waals surface area contributed by atoms with Crippen LogP contribution in [0.4, 0.5) is 0 Å². The first-order valence-corrected chi connectivity index (χ1v) is 8.49. The molecule has 0 saturated heterocycles. The average molecular weight is 310 g/mol.